The first-order valence-electron chi connectivity index (χ1n) is 8.64. The van der Waals surface area contributed by atoms with E-state index in [1.807, 2.05) is 60.7 Å². The summed E-state index contributed by atoms with van der Waals surface area (Å²) in [6, 6.07) is 30.3. The predicted octanol–water partition coefficient (Wildman–Crippen LogP) is 5.99. The monoisotopic (exact) mass is 370 g/mol. The maximum atomic E-state index is 5.24. The quantitative estimate of drug-likeness (QED) is 0.405. The number of aromatic nitrogens is 1. The van der Waals surface area contributed by atoms with Crippen molar-refractivity contribution in [2.75, 3.05) is 7.11 Å². The van der Waals surface area contributed by atoms with E-state index in [-0.39, 0.29) is 0 Å². The van der Waals surface area contributed by atoms with E-state index in [2.05, 4.69) is 34.7 Å². The van der Waals surface area contributed by atoms with Crippen LogP contribution in [0.5, 0.6) is 5.75 Å². The number of ether oxygens (including phenoxy) is 1. The standard InChI is InChI=1S/C23H18N2OS/c1-26-20-14-12-19(13-15-20)24-23(18-10-6-3-7-11-18)22-16-21(25-27-22)17-8-4-2-5-9-17/h2-16H,1H3. The minimum Gasteiger partial charge on any atom is -0.497 e. The molecule has 4 rings (SSSR count). The SMILES string of the molecule is COc1ccc(N=C(c2ccccc2)c2cc(-c3ccccc3)ns2)cc1. The largest absolute Gasteiger partial charge is 0.497 e. The van der Waals surface area contributed by atoms with Gasteiger partial charge in [0.05, 0.1) is 29.1 Å². The number of nitrogens with zero attached hydrogens (tertiary/aromatic N) is 2. The van der Waals surface area contributed by atoms with Crippen LogP contribution in [0.25, 0.3) is 11.3 Å². The fourth-order valence-electron chi connectivity index (χ4n) is 2.78. The zero-order valence-electron chi connectivity index (χ0n) is 14.9. The van der Waals surface area contributed by atoms with Gasteiger partial charge in [0.25, 0.3) is 0 Å². The first-order chi connectivity index (χ1) is 13.3. The van der Waals surface area contributed by atoms with Crippen molar-refractivity contribution < 1.29 is 4.74 Å². The highest BCUT2D eigenvalue weighted by atomic mass is 32.1. The van der Waals surface area contributed by atoms with E-state index in [4.69, 9.17) is 9.73 Å². The van der Waals surface area contributed by atoms with Crippen LogP contribution in [0.2, 0.25) is 0 Å². The Morgan fingerprint density at radius 2 is 1.52 bits per heavy atom. The lowest BCUT2D eigenvalue weighted by atomic mass is 10.1. The van der Waals surface area contributed by atoms with E-state index in [0.29, 0.717) is 0 Å². The molecule has 3 nitrogen and oxygen atoms in total. The summed E-state index contributed by atoms with van der Waals surface area (Å²) >= 11 is 1.47. The van der Waals surface area contributed by atoms with Crippen molar-refractivity contribution in [2.45, 2.75) is 0 Å². The van der Waals surface area contributed by atoms with E-state index >= 15 is 0 Å². The molecule has 0 aliphatic carbocycles. The molecule has 0 radical (unpaired) electrons. The van der Waals surface area contributed by atoms with E-state index in [9.17, 15) is 0 Å². The second-order valence-corrected chi connectivity index (χ2v) is 6.77. The zero-order valence-corrected chi connectivity index (χ0v) is 15.7. The number of aliphatic imine (C=N–C) groups is 1. The fraction of sp³-hybridized carbons (Fsp3) is 0.0435. The van der Waals surface area contributed by atoms with Crippen molar-refractivity contribution in [3.05, 3.63) is 101 Å². The molecular weight excluding hydrogens is 352 g/mol. The number of hydrogen-bond acceptors (Lipinski definition) is 4. The lowest BCUT2D eigenvalue weighted by Crippen LogP contribution is -2.00. The molecule has 0 unspecified atom stereocenters. The van der Waals surface area contributed by atoms with Crippen molar-refractivity contribution in [1.29, 1.82) is 0 Å². The molecule has 0 amide bonds. The highest BCUT2D eigenvalue weighted by Gasteiger charge is 2.12. The fourth-order valence-corrected chi connectivity index (χ4v) is 3.54. The maximum absolute atomic E-state index is 5.24. The van der Waals surface area contributed by atoms with Gasteiger partial charge in [0, 0.05) is 11.1 Å². The molecule has 132 valence electrons. The summed E-state index contributed by atoms with van der Waals surface area (Å²) in [4.78, 5) is 5.95. The Bertz CT molecular complexity index is 1040. The molecule has 4 heteroatoms. The molecular formula is C23H18N2OS. The number of methoxy groups -OCH3 is 1. The molecule has 0 N–H and O–H groups in total. The molecule has 4 aromatic rings. The van der Waals surface area contributed by atoms with Crippen molar-refractivity contribution in [1.82, 2.24) is 4.37 Å². The molecule has 0 fully saturated rings. The molecule has 0 aliphatic heterocycles. The highest BCUT2D eigenvalue weighted by Crippen LogP contribution is 2.26. The summed E-state index contributed by atoms with van der Waals surface area (Å²) in [5.74, 6) is 0.819. The number of benzene rings is 3. The minimum absolute atomic E-state index is 0.819. The van der Waals surface area contributed by atoms with Crippen molar-refractivity contribution in [3.8, 4) is 17.0 Å². The third-order valence-corrected chi connectivity index (χ3v) is 4.97. The zero-order chi connectivity index (χ0) is 18.5. The molecule has 0 atom stereocenters. The molecule has 0 aliphatic rings. The molecule has 1 aromatic heterocycles. The first kappa shape index (κ1) is 17.2. The van der Waals surface area contributed by atoms with Crippen LogP contribution in [-0.4, -0.2) is 17.2 Å². The van der Waals surface area contributed by atoms with Crippen LogP contribution < -0.4 is 4.74 Å². The summed E-state index contributed by atoms with van der Waals surface area (Å²) in [6.45, 7) is 0. The van der Waals surface area contributed by atoms with Crippen LogP contribution in [0.15, 0.2) is 96.0 Å². The Balaban J connectivity index is 1.77. The molecule has 27 heavy (non-hydrogen) atoms. The van der Waals surface area contributed by atoms with Crippen molar-refractivity contribution in [3.63, 3.8) is 0 Å². The van der Waals surface area contributed by atoms with Crippen molar-refractivity contribution in [2.24, 2.45) is 4.99 Å². The average Bonchev–Trinajstić information content (AvgIpc) is 3.24. The van der Waals surface area contributed by atoms with Crippen LogP contribution in [0.3, 0.4) is 0 Å². The molecule has 0 saturated heterocycles. The summed E-state index contributed by atoms with van der Waals surface area (Å²) in [5, 5.41) is 0. The van der Waals surface area contributed by atoms with E-state index in [1.54, 1.807) is 7.11 Å². The lowest BCUT2D eigenvalue weighted by Gasteiger charge is -2.05. The highest BCUT2D eigenvalue weighted by molar-refractivity contribution is 7.08. The Morgan fingerprint density at radius 1 is 0.852 bits per heavy atom. The van der Waals surface area contributed by atoms with Gasteiger partial charge in [-0.1, -0.05) is 60.7 Å². The molecule has 0 spiro atoms. The maximum Gasteiger partial charge on any atom is 0.119 e. The van der Waals surface area contributed by atoms with Gasteiger partial charge >= 0.3 is 0 Å². The van der Waals surface area contributed by atoms with Gasteiger partial charge in [0.15, 0.2) is 0 Å². The van der Waals surface area contributed by atoms with Crippen LogP contribution >= 0.6 is 11.5 Å². The number of hydrogen-bond donors (Lipinski definition) is 0. The van der Waals surface area contributed by atoms with Gasteiger partial charge in [-0.05, 0) is 41.9 Å². The topological polar surface area (TPSA) is 34.5 Å². The van der Waals surface area contributed by atoms with E-state index in [1.165, 1.54) is 11.5 Å². The van der Waals surface area contributed by atoms with Gasteiger partial charge in [0.2, 0.25) is 0 Å². The predicted molar refractivity (Wildman–Crippen MR) is 112 cm³/mol. The minimum atomic E-state index is 0.819. The van der Waals surface area contributed by atoms with Crippen molar-refractivity contribution >= 4 is 22.9 Å². The Kier molecular flexibility index (Phi) is 5.08. The molecule has 1 heterocycles. The summed E-state index contributed by atoms with van der Waals surface area (Å²) in [6.07, 6.45) is 0. The molecule has 0 bridgehead atoms. The normalized spacial score (nSPS) is 11.4. The number of rotatable bonds is 5. The van der Waals surface area contributed by atoms with Gasteiger partial charge in [0.1, 0.15) is 5.75 Å². The molecule has 3 aromatic carbocycles. The van der Waals surface area contributed by atoms with E-state index in [0.717, 1.165) is 38.8 Å². The lowest BCUT2D eigenvalue weighted by molar-refractivity contribution is 0.415. The smallest absolute Gasteiger partial charge is 0.119 e. The summed E-state index contributed by atoms with van der Waals surface area (Å²) in [5.41, 5.74) is 4.94. The van der Waals surface area contributed by atoms with Crippen LogP contribution in [0.4, 0.5) is 5.69 Å². The van der Waals surface area contributed by atoms with Gasteiger partial charge in [-0.15, -0.1) is 0 Å². The van der Waals surface area contributed by atoms with Crippen LogP contribution in [0.1, 0.15) is 10.4 Å². The summed E-state index contributed by atoms with van der Waals surface area (Å²) < 4.78 is 9.88. The van der Waals surface area contributed by atoms with Gasteiger partial charge in [-0.3, -0.25) is 0 Å². The second kappa shape index (κ2) is 7.98. The van der Waals surface area contributed by atoms with Crippen LogP contribution in [-0.2, 0) is 0 Å². The Hall–Kier alpha value is -3.24. The van der Waals surface area contributed by atoms with E-state index < -0.39 is 0 Å². The van der Waals surface area contributed by atoms with Crippen LogP contribution in [0, 0.1) is 0 Å². The van der Waals surface area contributed by atoms with Gasteiger partial charge in [-0.25, -0.2) is 4.99 Å². The summed E-state index contributed by atoms with van der Waals surface area (Å²) in [7, 11) is 1.66. The second-order valence-electron chi connectivity index (χ2n) is 5.97. The average molecular weight is 370 g/mol. The third-order valence-electron chi connectivity index (χ3n) is 4.17. The molecule has 0 saturated carbocycles. The Morgan fingerprint density at radius 3 is 2.19 bits per heavy atom. The van der Waals surface area contributed by atoms with Gasteiger partial charge in [-0.2, -0.15) is 4.37 Å². The Labute approximate surface area is 162 Å². The first-order valence-corrected chi connectivity index (χ1v) is 9.41. The van der Waals surface area contributed by atoms with Gasteiger partial charge < -0.3 is 4.74 Å². The third kappa shape index (κ3) is 3.96.